The number of aromatic nitrogens is 1. The van der Waals surface area contributed by atoms with Crippen molar-refractivity contribution in [1.82, 2.24) is 4.73 Å². The summed E-state index contributed by atoms with van der Waals surface area (Å²) in [6.45, 7) is 3.40. The molecule has 2 N–H and O–H groups in total. The Morgan fingerprint density at radius 1 is 1.17 bits per heavy atom. The molecule has 0 unspecified atom stereocenters. The van der Waals surface area contributed by atoms with E-state index in [1.807, 2.05) is 32.0 Å². The highest BCUT2D eigenvalue weighted by Gasteiger charge is 2.08. The van der Waals surface area contributed by atoms with Gasteiger partial charge < -0.3 is 15.3 Å². The molecule has 1 aromatic carbocycles. The van der Waals surface area contributed by atoms with Crippen LogP contribution in [0.4, 0.5) is 5.69 Å². The van der Waals surface area contributed by atoms with Crippen molar-refractivity contribution in [3.63, 3.8) is 0 Å². The van der Waals surface area contributed by atoms with Gasteiger partial charge in [-0.25, -0.2) is 4.79 Å². The first kappa shape index (κ1) is 16.3. The summed E-state index contributed by atoms with van der Waals surface area (Å²) in [5.41, 5.74) is 1.97. The van der Waals surface area contributed by atoms with Crippen molar-refractivity contribution in [2.75, 3.05) is 11.9 Å². The maximum atomic E-state index is 11.9. The number of carboxylic acids is 1. The van der Waals surface area contributed by atoms with Crippen LogP contribution in [0.2, 0.25) is 0 Å². The zero-order valence-corrected chi connectivity index (χ0v) is 12.7. The Balaban J connectivity index is 2.03. The van der Waals surface area contributed by atoms with Crippen molar-refractivity contribution in [3.8, 4) is 0 Å². The maximum Gasteiger partial charge on any atom is 0.337 e. The Kier molecular flexibility index (Phi) is 4.80. The fourth-order valence-corrected chi connectivity index (χ4v) is 2.07. The van der Waals surface area contributed by atoms with Crippen molar-refractivity contribution >= 4 is 17.6 Å². The van der Waals surface area contributed by atoms with Crippen LogP contribution in [-0.2, 0) is 4.79 Å². The van der Waals surface area contributed by atoms with Gasteiger partial charge in [0.2, 0.25) is 0 Å². The molecule has 1 heterocycles. The van der Waals surface area contributed by atoms with Crippen LogP contribution in [-0.4, -0.2) is 28.3 Å². The number of carboxylic acid groups (broad SMARTS) is 1. The zero-order chi connectivity index (χ0) is 17.0. The predicted octanol–water partition coefficient (Wildman–Crippen LogP) is 1.23. The number of carbonyl (C=O) groups excluding carboxylic acids is 1. The Hall–Kier alpha value is -3.09. The SMILES string of the molecule is Cc1cc(C)cc(NC(=O)COn2cc(C(=O)O)ccc2=O)c1. The Morgan fingerprint density at radius 3 is 2.43 bits per heavy atom. The van der Waals surface area contributed by atoms with Gasteiger partial charge in [0.25, 0.3) is 11.5 Å². The number of hydrogen-bond acceptors (Lipinski definition) is 4. The van der Waals surface area contributed by atoms with Gasteiger partial charge in [-0.2, -0.15) is 4.73 Å². The summed E-state index contributed by atoms with van der Waals surface area (Å²) in [7, 11) is 0. The lowest BCUT2D eigenvalue weighted by Gasteiger charge is -2.10. The van der Waals surface area contributed by atoms with Crippen LogP contribution in [0.1, 0.15) is 21.5 Å². The predicted molar refractivity (Wildman–Crippen MR) is 83.7 cm³/mol. The van der Waals surface area contributed by atoms with Crippen molar-refractivity contribution in [2.45, 2.75) is 13.8 Å². The molecule has 0 spiro atoms. The molecular weight excluding hydrogens is 300 g/mol. The van der Waals surface area contributed by atoms with Crippen molar-refractivity contribution < 1.29 is 19.5 Å². The van der Waals surface area contributed by atoms with E-state index < -0.39 is 24.0 Å². The number of amides is 1. The molecule has 0 bridgehead atoms. The minimum absolute atomic E-state index is 0.112. The van der Waals surface area contributed by atoms with E-state index in [1.54, 1.807) is 0 Å². The molecule has 0 saturated heterocycles. The number of nitrogens with one attached hydrogen (secondary N) is 1. The van der Waals surface area contributed by atoms with E-state index in [4.69, 9.17) is 9.94 Å². The third kappa shape index (κ3) is 4.44. The molecule has 2 aromatic rings. The van der Waals surface area contributed by atoms with Gasteiger partial charge in [0.15, 0.2) is 6.61 Å². The number of nitrogens with zero attached hydrogens (tertiary/aromatic N) is 1. The highest BCUT2D eigenvalue weighted by molar-refractivity contribution is 5.92. The average Bonchev–Trinajstić information content (AvgIpc) is 2.45. The van der Waals surface area contributed by atoms with E-state index in [1.165, 1.54) is 6.07 Å². The van der Waals surface area contributed by atoms with Crippen LogP contribution < -0.4 is 15.7 Å². The lowest BCUT2D eigenvalue weighted by Crippen LogP contribution is -2.32. The summed E-state index contributed by atoms with van der Waals surface area (Å²) in [6, 6.07) is 7.82. The molecule has 0 fully saturated rings. The van der Waals surface area contributed by atoms with Crippen LogP contribution >= 0.6 is 0 Å². The van der Waals surface area contributed by atoms with E-state index in [9.17, 15) is 14.4 Å². The smallest absolute Gasteiger partial charge is 0.337 e. The average molecular weight is 316 g/mol. The molecule has 0 aliphatic rings. The topological polar surface area (TPSA) is 97.6 Å². The second kappa shape index (κ2) is 6.78. The van der Waals surface area contributed by atoms with E-state index in [2.05, 4.69) is 5.32 Å². The van der Waals surface area contributed by atoms with Crippen LogP contribution in [0.25, 0.3) is 0 Å². The summed E-state index contributed by atoms with van der Waals surface area (Å²) in [5.74, 6) is -1.65. The number of rotatable bonds is 5. The molecule has 0 aliphatic heterocycles. The van der Waals surface area contributed by atoms with Crippen LogP contribution in [0.3, 0.4) is 0 Å². The van der Waals surface area contributed by atoms with Crippen LogP contribution in [0.15, 0.2) is 41.3 Å². The second-order valence-corrected chi connectivity index (χ2v) is 5.08. The highest BCUT2D eigenvalue weighted by Crippen LogP contribution is 2.13. The number of anilines is 1. The number of hydrogen-bond donors (Lipinski definition) is 2. The summed E-state index contributed by atoms with van der Waals surface area (Å²) < 4.78 is 0.727. The minimum Gasteiger partial charge on any atom is -0.478 e. The first-order valence-corrected chi connectivity index (χ1v) is 6.82. The fourth-order valence-electron chi connectivity index (χ4n) is 2.07. The van der Waals surface area contributed by atoms with Crippen LogP contribution in [0.5, 0.6) is 0 Å². The van der Waals surface area contributed by atoms with Crippen LogP contribution in [0, 0.1) is 13.8 Å². The molecule has 1 amide bonds. The van der Waals surface area contributed by atoms with Crippen molar-refractivity contribution in [3.05, 3.63) is 63.6 Å². The zero-order valence-electron chi connectivity index (χ0n) is 12.7. The number of benzene rings is 1. The molecule has 0 saturated carbocycles. The van der Waals surface area contributed by atoms with Gasteiger partial charge in [-0.1, -0.05) is 6.07 Å². The summed E-state index contributed by atoms with van der Waals surface area (Å²) in [6.07, 6.45) is 1.02. The lowest BCUT2D eigenvalue weighted by atomic mass is 10.1. The van der Waals surface area contributed by atoms with E-state index in [0.29, 0.717) is 5.69 Å². The number of aromatic carboxylic acids is 1. The molecule has 1 aromatic heterocycles. The van der Waals surface area contributed by atoms with E-state index in [-0.39, 0.29) is 5.56 Å². The van der Waals surface area contributed by atoms with Gasteiger partial charge in [0.1, 0.15) is 0 Å². The maximum absolute atomic E-state index is 11.9. The standard InChI is InChI=1S/C16H16N2O5/c1-10-5-11(2)7-13(6-10)17-14(19)9-23-18-8-12(16(21)22)3-4-15(18)20/h3-8H,9H2,1-2H3,(H,17,19)(H,21,22). The molecule has 120 valence electrons. The number of pyridine rings is 1. The van der Waals surface area contributed by atoms with Crippen molar-refractivity contribution in [2.24, 2.45) is 0 Å². The first-order chi connectivity index (χ1) is 10.8. The van der Waals surface area contributed by atoms with Gasteiger partial charge in [-0.15, -0.1) is 0 Å². The van der Waals surface area contributed by atoms with Gasteiger partial charge in [0.05, 0.1) is 11.8 Å². The molecule has 2 rings (SSSR count). The highest BCUT2D eigenvalue weighted by atomic mass is 16.7. The molecule has 7 nitrogen and oxygen atoms in total. The van der Waals surface area contributed by atoms with Gasteiger partial charge in [-0.05, 0) is 43.2 Å². The molecule has 23 heavy (non-hydrogen) atoms. The third-order valence-electron chi connectivity index (χ3n) is 2.97. The molecule has 0 radical (unpaired) electrons. The van der Waals surface area contributed by atoms with Crippen molar-refractivity contribution in [1.29, 1.82) is 0 Å². The second-order valence-electron chi connectivity index (χ2n) is 5.08. The normalized spacial score (nSPS) is 10.2. The van der Waals surface area contributed by atoms with E-state index >= 15 is 0 Å². The molecule has 0 atom stereocenters. The Bertz CT molecular complexity index is 790. The monoisotopic (exact) mass is 316 g/mol. The number of aryl methyl sites for hydroxylation is 2. The largest absolute Gasteiger partial charge is 0.478 e. The van der Waals surface area contributed by atoms with Gasteiger partial charge >= 0.3 is 5.97 Å². The Morgan fingerprint density at radius 2 is 1.83 bits per heavy atom. The fraction of sp³-hybridized carbons (Fsp3) is 0.188. The molecular formula is C16H16N2O5. The summed E-state index contributed by atoms with van der Waals surface area (Å²) in [4.78, 5) is 39.3. The number of carbonyl (C=O) groups is 2. The van der Waals surface area contributed by atoms with Gasteiger partial charge in [0, 0.05) is 11.8 Å². The lowest BCUT2D eigenvalue weighted by molar-refractivity contribution is -0.120. The summed E-state index contributed by atoms with van der Waals surface area (Å²) >= 11 is 0. The molecule has 7 heteroatoms. The molecule has 0 aliphatic carbocycles. The van der Waals surface area contributed by atoms with Gasteiger partial charge in [-0.3, -0.25) is 9.59 Å². The first-order valence-electron chi connectivity index (χ1n) is 6.82. The van der Waals surface area contributed by atoms with E-state index in [0.717, 1.165) is 28.1 Å². The quantitative estimate of drug-likeness (QED) is 0.864. The summed E-state index contributed by atoms with van der Waals surface area (Å²) in [5, 5.41) is 11.5. The minimum atomic E-state index is -1.19. The Labute approximate surface area is 132 Å². The third-order valence-corrected chi connectivity index (χ3v) is 2.97.